The van der Waals surface area contributed by atoms with Crippen molar-refractivity contribution in [2.45, 2.75) is 0 Å². The monoisotopic (exact) mass is 102 g/mol. The van der Waals surface area contributed by atoms with E-state index in [-0.39, 0.29) is 0 Å². The fourth-order valence-corrected chi connectivity index (χ4v) is 0.200. The van der Waals surface area contributed by atoms with Crippen LogP contribution in [-0.2, 0) is 0 Å². The maximum Gasteiger partial charge on any atom is 0.0576 e. The van der Waals surface area contributed by atoms with Crippen LogP contribution in [0.2, 0.25) is 0 Å². The highest BCUT2D eigenvalue weighted by Gasteiger charge is 1.79. The first kappa shape index (κ1) is 6.43. The predicted octanol–water partition coefficient (Wildman–Crippen LogP) is 0.00800. The summed E-state index contributed by atoms with van der Waals surface area (Å²) in [6.45, 7) is 0.691. The van der Waals surface area contributed by atoms with Crippen LogP contribution in [0.15, 0.2) is 5.16 Å². The van der Waals surface area contributed by atoms with Crippen LogP contribution in [0.25, 0.3) is 0 Å². The molecule has 3 nitrogen and oxygen atoms in total. The van der Waals surface area contributed by atoms with Crippen molar-refractivity contribution >= 4 is 6.21 Å². The maximum absolute atomic E-state index is 7.86. The van der Waals surface area contributed by atoms with Crippen LogP contribution in [0.4, 0.5) is 0 Å². The number of oxime groups is 1. The van der Waals surface area contributed by atoms with Gasteiger partial charge in [-0.1, -0.05) is 0 Å². The van der Waals surface area contributed by atoms with Gasteiger partial charge in [0, 0.05) is 6.54 Å². The van der Waals surface area contributed by atoms with Gasteiger partial charge in [-0.2, -0.15) is 0 Å². The van der Waals surface area contributed by atoms with Gasteiger partial charge in [0.05, 0.1) is 6.21 Å². The maximum atomic E-state index is 7.86. The minimum absolute atomic E-state index is 0.691. The quantitative estimate of drug-likeness (QED) is 0.303. The van der Waals surface area contributed by atoms with Crippen LogP contribution in [0, 0.1) is 0 Å². The summed E-state index contributed by atoms with van der Waals surface area (Å²) in [7, 11) is 3.81. The molecule has 0 amide bonds. The molecule has 0 aromatic heterocycles. The molecule has 0 radical (unpaired) electrons. The number of rotatable bonds is 2. The fraction of sp³-hybridized carbons (Fsp3) is 0.750. The van der Waals surface area contributed by atoms with Crippen molar-refractivity contribution in [3.05, 3.63) is 0 Å². The highest BCUT2D eigenvalue weighted by atomic mass is 16.4. The van der Waals surface area contributed by atoms with E-state index >= 15 is 0 Å². The van der Waals surface area contributed by atoms with E-state index in [0.29, 0.717) is 6.54 Å². The van der Waals surface area contributed by atoms with E-state index in [2.05, 4.69) is 5.16 Å². The zero-order valence-electron chi connectivity index (χ0n) is 4.63. The average Bonchev–Trinajstić information content (AvgIpc) is 1.61. The van der Waals surface area contributed by atoms with Gasteiger partial charge in [0.15, 0.2) is 0 Å². The van der Waals surface area contributed by atoms with Gasteiger partial charge < -0.3 is 10.1 Å². The van der Waals surface area contributed by atoms with Crippen molar-refractivity contribution < 1.29 is 5.21 Å². The van der Waals surface area contributed by atoms with Gasteiger partial charge in [0.25, 0.3) is 0 Å². The summed E-state index contributed by atoms with van der Waals surface area (Å²) in [6, 6.07) is 0. The lowest BCUT2D eigenvalue weighted by Crippen LogP contribution is -2.13. The second-order valence-electron chi connectivity index (χ2n) is 1.56. The molecule has 0 fully saturated rings. The first-order chi connectivity index (χ1) is 3.27. The third-order valence-electron chi connectivity index (χ3n) is 0.528. The Kier molecular flexibility index (Phi) is 3.32. The molecule has 7 heavy (non-hydrogen) atoms. The Balaban J connectivity index is 2.97. The molecule has 0 saturated heterocycles. The third kappa shape index (κ3) is 5.43. The van der Waals surface area contributed by atoms with Crippen LogP contribution < -0.4 is 0 Å². The summed E-state index contributed by atoms with van der Waals surface area (Å²) < 4.78 is 0. The van der Waals surface area contributed by atoms with E-state index in [9.17, 15) is 0 Å². The Morgan fingerprint density at radius 1 is 1.71 bits per heavy atom. The van der Waals surface area contributed by atoms with Crippen LogP contribution in [0.1, 0.15) is 0 Å². The topological polar surface area (TPSA) is 35.8 Å². The van der Waals surface area contributed by atoms with Crippen molar-refractivity contribution in [3.8, 4) is 0 Å². The molecule has 0 saturated carbocycles. The van der Waals surface area contributed by atoms with Crippen LogP contribution in [0.5, 0.6) is 0 Å². The average molecular weight is 102 g/mol. The summed E-state index contributed by atoms with van der Waals surface area (Å²) >= 11 is 0. The minimum atomic E-state index is 0.691. The zero-order chi connectivity index (χ0) is 5.70. The van der Waals surface area contributed by atoms with Crippen LogP contribution in [0.3, 0.4) is 0 Å². The highest BCUT2D eigenvalue weighted by molar-refractivity contribution is 5.58. The number of hydrogen-bond acceptors (Lipinski definition) is 3. The Morgan fingerprint density at radius 2 is 2.29 bits per heavy atom. The standard InChI is InChI=1S/C4H10N2O/c1-6(2)4-3-5-7/h3,7H,4H2,1-2H3. The van der Waals surface area contributed by atoms with E-state index < -0.39 is 0 Å². The summed E-state index contributed by atoms with van der Waals surface area (Å²) in [5, 5.41) is 10.7. The Morgan fingerprint density at radius 3 is 2.43 bits per heavy atom. The van der Waals surface area contributed by atoms with E-state index in [1.165, 1.54) is 6.21 Å². The van der Waals surface area contributed by atoms with Gasteiger partial charge in [-0.25, -0.2) is 0 Å². The molecule has 0 atom stereocenters. The number of nitrogens with zero attached hydrogens (tertiary/aromatic N) is 2. The number of hydrogen-bond donors (Lipinski definition) is 1. The lowest BCUT2D eigenvalue weighted by Gasteiger charge is -2.00. The Bertz CT molecular complexity index is 60.7. The third-order valence-corrected chi connectivity index (χ3v) is 0.528. The van der Waals surface area contributed by atoms with Gasteiger partial charge in [-0.3, -0.25) is 0 Å². The van der Waals surface area contributed by atoms with Gasteiger partial charge in [0.2, 0.25) is 0 Å². The molecule has 0 aromatic rings. The van der Waals surface area contributed by atoms with E-state index in [0.717, 1.165) is 0 Å². The van der Waals surface area contributed by atoms with Crippen LogP contribution >= 0.6 is 0 Å². The molecule has 0 spiro atoms. The Labute approximate surface area is 43.2 Å². The molecule has 42 valence electrons. The van der Waals surface area contributed by atoms with Crippen LogP contribution in [-0.4, -0.2) is 37.0 Å². The summed E-state index contributed by atoms with van der Waals surface area (Å²) in [5.74, 6) is 0. The summed E-state index contributed by atoms with van der Waals surface area (Å²) in [5.41, 5.74) is 0. The van der Waals surface area contributed by atoms with Gasteiger partial charge in [-0.05, 0) is 14.1 Å². The molecule has 0 heterocycles. The molecule has 0 aromatic carbocycles. The van der Waals surface area contributed by atoms with Gasteiger partial charge in [0.1, 0.15) is 0 Å². The SMILES string of the molecule is CN(C)CC=NO. The van der Waals surface area contributed by atoms with E-state index in [1.807, 2.05) is 19.0 Å². The van der Waals surface area contributed by atoms with E-state index in [4.69, 9.17) is 5.21 Å². The molecule has 0 unspecified atom stereocenters. The molecule has 3 heteroatoms. The molecule has 0 bridgehead atoms. The molecule has 0 aliphatic carbocycles. The van der Waals surface area contributed by atoms with Crippen molar-refractivity contribution in [1.29, 1.82) is 0 Å². The zero-order valence-corrected chi connectivity index (χ0v) is 4.63. The molecule has 0 rings (SSSR count). The predicted molar refractivity (Wildman–Crippen MR) is 28.8 cm³/mol. The molecular formula is C4H10N2O. The lowest BCUT2D eigenvalue weighted by molar-refractivity contribution is 0.318. The van der Waals surface area contributed by atoms with Gasteiger partial charge in [-0.15, -0.1) is 5.16 Å². The second kappa shape index (κ2) is 3.61. The van der Waals surface area contributed by atoms with Gasteiger partial charge >= 0.3 is 0 Å². The molecule has 0 aliphatic rings. The lowest BCUT2D eigenvalue weighted by atomic mass is 10.7. The summed E-state index contributed by atoms with van der Waals surface area (Å²) in [6.07, 6.45) is 1.43. The Hall–Kier alpha value is -0.570. The normalized spacial score (nSPS) is 11.3. The molecular weight excluding hydrogens is 92.1 g/mol. The molecule has 0 aliphatic heterocycles. The first-order valence-electron chi connectivity index (χ1n) is 2.08. The van der Waals surface area contributed by atoms with E-state index in [1.54, 1.807) is 0 Å². The van der Waals surface area contributed by atoms with Crippen molar-refractivity contribution in [3.63, 3.8) is 0 Å². The summed E-state index contributed by atoms with van der Waals surface area (Å²) in [4.78, 5) is 1.90. The molecule has 1 N–H and O–H groups in total. The smallest absolute Gasteiger partial charge is 0.0576 e. The second-order valence-corrected chi connectivity index (χ2v) is 1.56. The minimum Gasteiger partial charge on any atom is -0.411 e. The van der Waals surface area contributed by atoms with Crippen molar-refractivity contribution in [2.24, 2.45) is 5.16 Å². The van der Waals surface area contributed by atoms with Crippen molar-refractivity contribution in [1.82, 2.24) is 4.90 Å². The largest absolute Gasteiger partial charge is 0.411 e. The fourth-order valence-electron chi connectivity index (χ4n) is 0.200. The van der Waals surface area contributed by atoms with Crippen molar-refractivity contribution in [2.75, 3.05) is 20.6 Å². The first-order valence-corrected chi connectivity index (χ1v) is 2.08. The highest BCUT2D eigenvalue weighted by Crippen LogP contribution is 1.65.